The minimum Gasteiger partial charge on any atom is -0.354 e. The Morgan fingerprint density at radius 2 is 2.15 bits per heavy atom. The molecule has 2 heterocycles. The van der Waals surface area contributed by atoms with E-state index in [1.54, 1.807) is 18.4 Å². The predicted octanol–water partition coefficient (Wildman–Crippen LogP) is 1.20. The number of halogens is 1. The summed E-state index contributed by atoms with van der Waals surface area (Å²) in [4.78, 5) is 36.8. The molecular formula is C16H25IN6O2S. The first kappa shape index (κ1) is 20.9. The van der Waals surface area contributed by atoms with E-state index in [0.29, 0.717) is 19.6 Å². The molecule has 1 fully saturated rings. The van der Waals surface area contributed by atoms with E-state index in [1.165, 1.54) is 28.3 Å². The predicted molar refractivity (Wildman–Crippen MR) is 112 cm³/mol. The average molecular weight is 492 g/mol. The van der Waals surface area contributed by atoms with Gasteiger partial charge < -0.3 is 15.5 Å². The Morgan fingerprint density at radius 3 is 2.81 bits per heavy atom. The van der Waals surface area contributed by atoms with Crippen LogP contribution in [-0.2, 0) is 24.2 Å². The lowest BCUT2D eigenvalue weighted by Crippen LogP contribution is -2.43. The van der Waals surface area contributed by atoms with Crippen LogP contribution in [0.2, 0.25) is 0 Å². The molecule has 8 nitrogen and oxygen atoms in total. The van der Waals surface area contributed by atoms with E-state index < -0.39 is 0 Å². The molecule has 1 aliphatic heterocycles. The van der Waals surface area contributed by atoms with E-state index in [2.05, 4.69) is 15.6 Å². The second-order valence-corrected chi connectivity index (χ2v) is 7.39. The third-order valence-corrected chi connectivity index (χ3v) is 5.53. The van der Waals surface area contributed by atoms with Gasteiger partial charge in [0.2, 0.25) is 5.91 Å². The van der Waals surface area contributed by atoms with Crippen molar-refractivity contribution in [1.82, 2.24) is 25.4 Å². The normalized spacial score (nSPS) is 16.8. The van der Waals surface area contributed by atoms with E-state index >= 15 is 0 Å². The van der Waals surface area contributed by atoms with Crippen molar-refractivity contribution in [2.75, 3.05) is 33.7 Å². The molecular weight excluding hydrogens is 467 g/mol. The number of guanidine groups is 1. The van der Waals surface area contributed by atoms with Gasteiger partial charge >= 0.3 is 6.03 Å². The highest BCUT2D eigenvalue weighted by Gasteiger charge is 2.27. The standard InChI is InChI=1S/C16H24N6O2S.HI/c1-17-15(18-7-8-22-14(23)9-19-16(22)24)21(2)10-13-20-11-5-3-4-6-12(11)25-13;/h3-10H2,1-2H3,(H,17,18)(H,19,24);1H. The van der Waals surface area contributed by atoms with Gasteiger partial charge in [-0.05, 0) is 25.7 Å². The summed E-state index contributed by atoms with van der Waals surface area (Å²) < 4.78 is 0. The third-order valence-electron chi connectivity index (χ3n) is 4.39. The lowest BCUT2D eigenvalue weighted by molar-refractivity contribution is -0.124. The van der Waals surface area contributed by atoms with Crippen molar-refractivity contribution >= 4 is 53.2 Å². The number of imide groups is 1. The highest BCUT2D eigenvalue weighted by molar-refractivity contribution is 14.0. The summed E-state index contributed by atoms with van der Waals surface area (Å²) in [6.07, 6.45) is 4.73. The second kappa shape index (κ2) is 9.49. The molecule has 10 heteroatoms. The van der Waals surface area contributed by atoms with E-state index in [1.807, 2.05) is 11.9 Å². The second-order valence-electron chi connectivity index (χ2n) is 6.22. The lowest BCUT2D eigenvalue weighted by Gasteiger charge is -2.22. The van der Waals surface area contributed by atoms with Crippen LogP contribution >= 0.6 is 35.3 Å². The Kier molecular flexibility index (Phi) is 7.62. The molecule has 1 aromatic rings. The maximum atomic E-state index is 11.6. The Labute approximate surface area is 174 Å². The van der Waals surface area contributed by atoms with Crippen LogP contribution < -0.4 is 10.6 Å². The van der Waals surface area contributed by atoms with Gasteiger partial charge in [0.25, 0.3) is 0 Å². The first-order valence-electron chi connectivity index (χ1n) is 8.56. The topological polar surface area (TPSA) is 89.9 Å². The van der Waals surface area contributed by atoms with Gasteiger partial charge in [0.1, 0.15) is 5.01 Å². The Bertz CT molecular complexity index is 653. The van der Waals surface area contributed by atoms with Crippen LogP contribution in [0.4, 0.5) is 4.79 Å². The van der Waals surface area contributed by atoms with Crippen molar-refractivity contribution < 1.29 is 9.59 Å². The minimum atomic E-state index is -0.330. The van der Waals surface area contributed by atoms with Gasteiger partial charge in [-0.3, -0.25) is 14.7 Å². The van der Waals surface area contributed by atoms with Crippen molar-refractivity contribution in [2.45, 2.75) is 32.2 Å². The highest BCUT2D eigenvalue weighted by Crippen LogP contribution is 2.27. The molecule has 1 aromatic heterocycles. The Morgan fingerprint density at radius 1 is 1.38 bits per heavy atom. The number of rotatable bonds is 5. The maximum absolute atomic E-state index is 11.6. The summed E-state index contributed by atoms with van der Waals surface area (Å²) in [5.74, 6) is 0.531. The molecule has 144 valence electrons. The van der Waals surface area contributed by atoms with Gasteiger partial charge in [-0.15, -0.1) is 35.3 Å². The molecule has 0 aromatic carbocycles. The number of aromatic nitrogens is 1. The number of thiazole rings is 1. The molecule has 0 bridgehead atoms. The molecule has 0 atom stereocenters. The smallest absolute Gasteiger partial charge is 0.324 e. The fraction of sp³-hybridized carbons (Fsp3) is 0.625. The first-order valence-corrected chi connectivity index (χ1v) is 9.37. The van der Waals surface area contributed by atoms with Crippen molar-refractivity contribution in [3.63, 3.8) is 0 Å². The molecule has 3 amide bonds. The quantitative estimate of drug-likeness (QED) is 0.279. The van der Waals surface area contributed by atoms with E-state index in [9.17, 15) is 9.59 Å². The number of nitrogens with zero attached hydrogens (tertiary/aromatic N) is 4. The van der Waals surface area contributed by atoms with Gasteiger partial charge in [-0.1, -0.05) is 0 Å². The number of nitrogens with one attached hydrogen (secondary N) is 2. The minimum absolute atomic E-state index is 0. The number of aryl methyl sites for hydroxylation is 2. The van der Waals surface area contributed by atoms with Crippen LogP contribution in [0.25, 0.3) is 0 Å². The average Bonchev–Trinajstić information content (AvgIpc) is 3.15. The largest absolute Gasteiger partial charge is 0.354 e. The van der Waals surface area contributed by atoms with Gasteiger partial charge in [-0.25, -0.2) is 9.78 Å². The number of fused-ring (bicyclic) bond motifs is 1. The number of hydrogen-bond acceptors (Lipinski definition) is 5. The van der Waals surface area contributed by atoms with Gasteiger partial charge in [0.05, 0.1) is 18.8 Å². The number of aliphatic imine (C=N–C) groups is 1. The van der Waals surface area contributed by atoms with Crippen LogP contribution in [0.1, 0.15) is 28.4 Å². The summed E-state index contributed by atoms with van der Waals surface area (Å²) >= 11 is 1.80. The SMILES string of the molecule is CN=C(NCCN1C(=O)CNC1=O)N(C)Cc1nc2c(s1)CCCC2.I. The summed E-state index contributed by atoms with van der Waals surface area (Å²) in [5, 5.41) is 6.81. The molecule has 0 unspecified atom stereocenters. The number of carbonyl (C=O) groups is 2. The third kappa shape index (κ3) is 4.84. The monoisotopic (exact) mass is 492 g/mol. The zero-order valence-electron chi connectivity index (χ0n) is 15.1. The molecule has 26 heavy (non-hydrogen) atoms. The van der Waals surface area contributed by atoms with Crippen LogP contribution in [0.5, 0.6) is 0 Å². The van der Waals surface area contributed by atoms with Crippen LogP contribution in [0.15, 0.2) is 4.99 Å². The molecule has 1 saturated heterocycles. The zero-order chi connectivity index (χ0) is 17.8. The van der Waals surface area contributed by atoms with Crippen molar-refractivity contribution in [1.29, 1.82) is 0 Å². The molecule has 0 spiro atoms. The fourth-order valence-electron chi connectivity index (χ4n) is 3.10. The molecule has 2 N–H and O–H groups in total. The summed E-state index contributed by atoms with van der Waals surface area (Å²) in [6, 6.07) is -0.330. The Balaban J connectivity index is 0.00000243. The summed E-state index contributed by atoms with van der Waals surface area (Å²) in [5.41, 5.74) is 1.26. The lowest BCUT2D eigenvalue weighted by atomic mass is 10.0. The van der Waals surface area contributed by atoms with Crippen molar-refractivity contribution in [3.8, 4) is 0 Å². The number of urea groups is 1. The molecule has 3 rings (SSSR count). The number of carbonyl (C=O) groups excluding carboxylic acids is 2. The summed E-state index contributed by atoms with van der Waals surface area (Å²) in [6.45, 7) is 1.57. The van der Waals surface area contributed by atoms with Crippen LogP contribution in [0, 0.1) is 0 Å². The number of amides is 3. The van der Waals surface area contributed by atoms with E-state index in [0.717, 1.165) is 23.8 Å². The molecule has 0 radical (unpaired) electrons. The van der Waals surface area contributed by atoms with Crippen molar-refractivity contribution in [2.24, 2.45) is 4.99 Å². The maximum Gasteiger partial charge on any atom is 0.324 e. The van der Waals surface area contributed by atoms with Crippen LogP contribution in [-0.4, -0.2) is 66.4 Å². The van der Waals surface area contributed by atoms with E-state index in [4.69, 9.17) is 4.98 Å². The van der Waals surface area contributed by atoms with Crippen molar-refractivity contribution in [3.05, 3.63) is 15.6 Å². The van der Waals surface area contributed by atoms with Crippen LogP contribution in [0.3, 0.4) is 0 Å². The molecule has 2 aliphatic rings. The van der Waals surface area contributed by atoms with E-state index in [-0.39, 0.29) is 42.5 Å². The summed E-state index contributed by atoms with van der Waals surface area (Å²) in [7, 11) is 3.68. The molecule has 1 aliphatic carbocycles. The molecule has 0 saturated carbocycles. The highest BCUT2D eigenvalue weighted by atomic mass is 127. The Hall–Kier alpha value is -1.43. The van der Waals surface area contributed by atoms with Gasteiger partial charge in [0.15, 0.2) is 5.96 Å². The van der Waals surface area contributed by atoms with Gasteiger partial charge in [-0.2, -0.15) is 0 Å². The zero-order valence-corrected chi connectivity index (χ0v) is 18.2. The number of hydrogen-bond donors (Lipinski definition) is 2. The van der Waals surface area contributed by atoms with Gasteiger partial charge in [0, 0.05) is 32.1 Å². The fourth-order valence-corrected chi connectivity index (χ4v) is 4.31. The first-order chi connectivity index (χ1) is 12.1.